The maximum atomic E-state index is 6.26. The van der Waals surface area contributed by atoms with Gasteiger partial charge < -0.3 is 9.47 Å². The first-order chi connectivity index (χ1) is 13.6. The summed E-state index contributed by atoms with van der Waals surface area (Å²) < 4.78 is 12.4. The van der Waals surface area contributed by atoms with Crippen molar-refractivity contribution >= 4 is 57.4 Å². The van der Waals surface area contributed by atoms with Crippen molar-refractivity contribution in [2.45, 2.75) is 26.7 Å². The Morgan fingerprint density at radius 1 is 0.862 bits per heavy atom. The van der Waals surface area contributed by atoms with E-state index in [4.69, 9.17) is 37.7 Å². The van der Waals surface area contributed by atoms with E-state index in [1.807, 2.05) is 30.3 Å². The number of rotatable bonds is 10. The highest BCUT2D eigenvalue weighted by Gasteiger charge is 2.15. The summed E-state index contributed by atoms with van der Waals surface area (Å²) >= 11 is 11.7. The van der Waals surface area contributed by atoms with E-state index in [1.165, 1.54) is 0 Å². The highest BCUT2D eigenvalue weighted by Crippen LogP contribution is 2.37. The molecule has 0 aliphatic carbocycles. The van der Waals surface area contributed by atoms with Gasteiger partial charge >= 0.3 is 0 Å². The molecule has 0 bridgehead atoms. The van der Waals surface area contributed by atoms with Crippen molar-refractivity contribution in [1.29, 1.82) is 0 Å². The molecule has 0 spiro atoms. The molecule has 0 amide bonds. The number of para-hydroxylation sites is 1. The lowest BCUT2D eigenvalue weighted by atomic mass is 10.1. The van der Waals surface area contributed by atoms with E-state index in [0.717, 1.165) is 46.1 Å². The molecule has 0 fully saturated rings. The summed E-state index contributed by atoms with van der Waals surface area (Å²) in [6.07, 6.45) is 1.83. The standard InChI is InChI=1S/C23H27Cl2NO2.ClH/c1-16(9-11-24)14-27-22-8-7-21-19(23(22)28-15-17(2)10-12-25)13-18-5-3-4-6-20(18)26-21;/h3-8,13,16-17H,9-12,14-15H2,1-2H3;1H. The number of pyridine rings is 1. The van der Waals surface area contributed by atoms with Crippen LogP contribution in [0.2, 0.25) is 0 Å². The maximum absolute atomic E-state index is 6.26. The zero-order valence-corrected chi connectivity index (χ0v) is 19.2. The van der Waals surface area contributed by atoms with Gasteiger partial charge in [-0.1, -0.05) is 32.0 Å². The second-order valence-electron chi connectivity index (χ2n) is 7.43. The van der Waals surface area contributed by atoms with Crippen LogP contribution in [0.3, 0.4) is 0 Å². The van der Waals surface area contributed by atoms with Gasteiger partial charge in [-0.25, -0.2) is 4.98 Å². The third kappa shape index (κ3) is 6.28. The first kappa shape index (κ1) is 23.9. The Balaban J connectivity index is 0.00000300. The molecule has 29 heavy (non-hydrogen) atoms. The number of fused-ring (bicyclic) bond motifs is 2. The van der Waals surface area contributed by atoms with Gasteiger partial charge in [0.1, 0.15) is 0 Å². The third-order valence-electron chi connectivity index (χ3n) is 4.85. The predicted octanol–water partition coefficient (Wildman–Crippen LogP) is 7.10. The van der Waals surface area contributed by atoms with E-state index in [1.54, 1.807) is 0 Å². The Morgan fingerprint density at radius 2 is 1.52 bits per heavy atom. The van der Waals surface area contributed by atoms with Crippen LogP contribution in [-0.2, 0) is 0 Å². The van der Waals surface area contributed by atoms with Crippen LogP contribution in [0.15, 0.2) is 42.5 Å². The summed E-state index contributed by atoms with van der Waals surface area (Å²) in [5.41, 5.74) is 1.88. The number of hydrogen-bond donors (Lipinski definition) is 0. The topological polar surface area (TPSA) is 31.4 Å². The first-order valence-electron chi connectivity index (χ1n) is 9.82. The third-order valence-corrected chi connectivity index (χ3v) is 5.29. The molecule has 1 aromatic heterocycles. The van der Waals surface area contributed by atoms with Gasteiger partial charge in [0.2, 0.25) is 0 Å². The fraction of sp³-hybridized carbons (Fsp3) is 0.435. The molecule has 158 valence electrons. The highest BCUT2D eigenvalue weighted by atomic mass is 35.5. The van der Waals surface area contributed by atoms with Crippen molar-refractivity contribution in [1.82, 2.24) is 4.98 Å². The molecule has 0 aliphatic heterocycles. The SMILES string of the molecule is CC(CCCl)COc1ccc2nc3ccccc3cc2c1OCC(C)CCCl.Cl. The minimum atomic E-state index is 0. The summed E-state index contributed by atoms with van der Waals surface area (Å²) in [6.45, 7) is 5.48. The Morgan fingerprint density at radius 3 is 2.21 bits per heavy atom. The van der Waals surface area contributed by atoms with Crippen LogP contribution in [0.5, 0.6) is 11.5 Å². The molecule has 0 saturated carbocycles. The van der Waals surface area contributed by atoms with Gasteiger partial charge in [-0.2, -0.15) is 0 Å². The second-order valence-corrected chi connectivity index (χ2v) is 8.18. The number of ether oxygens (including phenoxy) is 2. The zero-order chi connectivity index (χ0) is 19.9. The van der Waals surface area contributed by atoms with Gasteiger partial charge in [-0.05, 0) is 48.9 Å². The van der Waals surface area contributed by atoms with E-state index < -0.39 is 0 Å². The lowest BCUT2D eigenvalue weighted by molar-refractivity contribution is 0.220. The van der Waals surface area contributed by atoms with Crippen LogP contribution in [0.1, 0.15) is 26.7 Å². The maximum Gasteiger partial charge on any atom is 0.170 e. The van der Waals surface area contributed by atoms with E-state index in [2.05, 4.69) is 26.0 Å². The monoisotopic (exact) mass is 455 g/mol. The molecular weight excluding hydrogens is 429 g/mol. The minimum absolute atomic E-state index is 0. The molecule has 2 unspecified atom stereocenters. The number of nitrogens with zero attached hydrogens (tertiary/aromatic N) is 1. The number of aromatic nitrogens is 1. The lowest BCUT2D eigenvalue weighted by Crippen LogP contribution is -2.12. The van der Waals surface area contributed by atoms with Gasteiger partial charge in [-0.15, -0.1) is 35.6 Å². The summed E-state index contributed by atoms with van der Waals surface area (Å²) in [4.78, 5) is 4.79. The number of hydrogen-bond acceptors (Lipinski definition) is 3. The van der Waals surface area contributed by atoms with Crippen molar-refractivity contribution in [3.63, 3.8) is 0 Å². The van der Waals surface area contributed by atoms with E-state index in [9.17, 15) is 0 Å². The molecule has 3 aromatic rings. The Kier molecular flexibility index (Phi) is 9.61. The zero-order valence-electron chi connectivity index (χ0n) is 16.9. The summed E-state index contributed by atoms with van der Waals surface area (Å²) in [5, 5.41) is 2.06. The average Bonchev–Trinajstić information content (AvgIpc) is 2.69. The van der Waals surface area contributed by atoms with Crippen molar-refractivity contribution in [2.75, 3.05) is 25.0 Å². The quantitative estimate of drug-likeness (QED) is 0.241. The van der Waals surface area contributed by atoms with Gasteiger partial charge in [0.05, 0.1) is 24.2 Å². The molecule has 6 heteroatoms. The molecule has 3 nitrogen and oxygen atoms in total. The van der Waals surface area contributed by atoms with Gasteiger partial charge in [0, 0.05) is 22.5 Å². The summed E-state index contributed by atoms with van der Waals surface area (Å²) in [7, 11) is 0. The van der Waals surface area contributed by atoms with Crippen LogP contribution >= 0.6 is 35.6 Å². The van der Waals surface area contributed by atoms with Crippen LogP contribution in [0, 0.1) is 11.8 Å². The van der Waals surface area contributed by atoms with Gasteiger partial charge in [0.25, 0.3) is 0 Å². The smallest absolute Gasteiger partial charge is 0.170 e. The molecule has 0 radical (unpaired) electrons. The van der Waals surface area contributed by atoms with Crippen LogP contribution < -0.4 is 9.47 Å². The Bertz CT molecular complexity index is 919. The first-order valence-corrected chi connectivity index (χ1v) is 10.9. The normalized spacial score (nSPS) is 13.1. The highest BCUT2D eigenvalue weighted by molar-refractivity contribution is 6.18. The minimum Gasteiger partial charge on any atom is -0.489 e. The van der Waals surface area contributed by atoms with Crippen molar-refractivity contribution < 1.29 is 9.47 Å². The largest absolute Gasteiger partial charge is 0.489 e. The van der Waals surface area contributed by atoms with Crippen molar-refractivity contribution in [3.05, 3.63) is 42.5 Å². The second kappa shape index (κ2) is 11.7. The number of alkyl halides is 2. The Hall–Kier alpha value is -1.42. The van der Waals surface area contributed by atoms with Crippen LogP contribution in [0.4, 0.5) is 0 Å². The molecule has 3 rings (SSSR count). The molecule has 0 aliphatic rings. The Labute approximate surface area is 189 Å². The van der Waals surface area contributed by atoms with Crippen LogP contribution in [0.25, 0.3) is 21.8 Å². The van der Waals surface area contributed by atoms with E-state index in [0.29, 0.717) is 36.8 Å². The van der Waals surface area contributed by atoms with Crippen molar-refractivity contribution in [2.24, 2.45) is 11.8 Å². The van der Waals surface area contributed by atoms with Crippen molar-refractivity contribution in [3.8, 4) is 11.5 Å². The van der Waals surface area contributed by atoms with Gasteiger partial charge in [0.15, 0.2) is 11.5 Å². The molecule has 2 atom stereocenters. The fourth-order valence-electron chi connectivity index (χ4n) is 3.06. The number of benzene rings is 2. The molecule has 2 aromatic carbocycles. The van der Waals surface area contributed by atoms with Gasteiger partial charge in [-0.3, -0.25) is 0 Å². The van der Waals surface area contributed by atoms with E-state index >= 15 is 0 Å². The molecular formula is C23H28Cl3NO2. The summed E-state index contributed by atoms with van der Waals surface area (Å²) in [5.74, 6) is 3.53. The summed E-state index contributed by atoms with van der Waals surface area (Å²) in [6, 6.07) is 14.2. The predicted molar refractivity (Wildman–Crippen MR) is 126 cm³/mol. The number of halogens is 3. The molecule has 0 N–H and O–H groups in total. The molecule has 1 heterocycles. The lowest BCUT2D eigenvalue weighted by Gasteiger charge is -2.19. The average molecular weight is 457 g/mol. The van der Waals surface area contributed by atoms with E-state index in [-0.39, 0.29) is 12.4 Å². The fourth-order valence-corrected chi connectivity index (χ4v) is 3.81. The molecule has 0 saturated heterocycles. The van der Waals surface area contributed by atoms with Crippen LogP contribution in [-0.4, -0.2) is 30.0 Å².